The van der Waals surface area contributed by atoms with Crippen molar-refractivity contribution in [3.63, 3.8) is 0 Å². The van der Waals surface area contributed by atoms with Crippen molar-refractivity contribution in [1.82, 2.24) is 0 Å². The van der Waals surface area contributed by atoms with E-state index in [1.807, 2.05) is 0 Å². The van der Waals surface area contributed by atoms with Crippen LogP contribution in [-0.2, 0) is 10.0 Å². The summed E-state index contributed by atoms with van der Waals surface area (Å²) in [6, 6.07) is 4.62. The van der Waals surface area contributed by atoms with Gasteiger partial charge in [0.05, 0.1) is 11.4 Å². The molecule has 3 N–H and O–H groups in total. The molecule has 0 saturated carbocycles. The number of thiocarbonyl (C=S) groups is 1. The molecular formula is C9H11ClN2O2S2. The van der Waals surface area contributed by atoms with E-state index >= 15 is 0 Å². The third kappa shape index (κ3) is 3.33. The summed E-state index contributed by atoms with van der Waals surface area (Å²) >= 11 is 10.6. The van der Waals surface area contributed by atoms with Gasteiger partial charge in [-0.1, -0.05) is 23.8 Å². The molecule has 0 spiro atoms. The lowest BCUT2D eigenvalue weighted by molar-refractivity contribution is 0.602. The van der Waals surface area contributed by atoms with Gasteiger partial charge in [0.1, 0.15) is 4.99 Å². The molecule has 0 aromatic heterocycles. The van der Waals surface area contributed by atoms with Gasteiger partial charge >= 0.3 is 0 Å². The number of hydrogen-bond acceptors (Lipinski definition) is 3. The summed E-state index contributed by atoms with van der Waals surface area (Å²) in [4.78, 5) is 0.0938. The van der Waals surface area contributed by atoms with Crippen LogP contribution in [0, 0.1) is 0 Å². The van der Waals surface area contributed by atoms with Crippen LogP contribution in [-0.4, -0.2) is 19.2 Å². The van der Waals surface area contributed by atoms with Gasteiger partial charge in [0.2, 0.25) is 10.0 Å². The van der Waals surface area contributed by atoms with Crippen LogP contribution < -0.4 is 10.5 Å². The van der Waals surface area contributed by atoms with Crippen LogP contribution in [0.3, 0.4) is 0 Å². The van der Waals surface area contributed by atoms with Crippen molar-refractivity contribution in [2.75, 3.05) is 10.5 Å². The standard InChI is InChI=1S/C9H11ClN2O2S2/c1-2-16(13,14)12-8-4-3-6(10)5-7(8)9(11)15/h3-5,12H,2H2,1H3,(H2,11,15). The second kappa shape index (κ2) is 4.99. The second-order valence-corrected chi connectivity index (χ2v) is 5.95. The summed E-state index contributed by atoms with van der Waals surface area (Å²) in [5.74, 6) is -0.0214. The van der Waals surface area contributed by atoms with E-state index < -0.39 is 10.0 Å². The highest BCUT2D eigenvalue weighted by Crippen LogP contribution is 2.21. The average Bonchev–Trinajstić information content (AvgIpc) is 2.20. The number of benzene rings is 1. The summed E-state index contributed by atoms with van der Waals surface area (Å²) in [6.45, 7) is 1.54. The van der Waals surface area contributed by atoms with Gasteiger partial charge in [-0.05, 0) is 25.1 Å². The molecule has 0 bridgehead atoms. The van der Waals surface area contributed by atoms with Gasteiger partial charge in [-0.25, -0.2) is 8.42 Å². The van der Waals surface area contributed by atoms with E-state index in [1.165, 1.54) is 12.1 Å². The molecule has 88 valence electrons. The minimum absolute atomic E-state index is 0.0214. The first kappa shape index (κ1) is 13.2. The summed E-state index contributed by atoms with van der Waals surface area (Å²) in [6.07, 6.45) is 0. The number of hydrogen-bond donors (Lipinski definition) is 2. The second-order valence-electron chi connectivity index (χ2n) is 3.06. The Kier molecular flexibility index (Phi) is 4.12. The fourth-order valence-corrected chi connectivity index (χ4v) is 2.05. The van der Waals surface area contributed by atoms with Crippen LogP contribution in [0.1, 0.15) is 12.5 Å². The Morgan fingerprint density at radius 2 is 2.19 bits per heavy atom. The van der Waals surface area contributed by atoms with Crippen molar-refractivity contribution in [3.8, 4) is 0 Å². The predicted octanol–water partition coefficient (Wildman–Crippen LogP) is 1.74. The van der Waals surface area contributed by atoms with Crippen molar-refractivity contribution < 1.29 is 8.42 Å². The minimum Gasteiger partial charge on any atom is -0.389 e. The van der Waals surface area contributed by atoms with Gasteiger partial charge in [0.25, 0.3) is 0 Å². The molecule has 0 fully saturated rings. The fourth-order valence-electron chi connectivity index (χ4n) is 1.05. The van der Waals surface area contributed by atoms with E-state index in [4.69, 9.17) is 29.6 Å². The van der Waals surface area contributed by atoms with Crippen LogP contribution in [0.4, 0.5) is 5.69 Å². The SMILES string of the molecule is CCS(=O)(=O)Nc1ccc(Cl)cc1C(N)=S. The monoisotopic (exact) mass is 278 g/mol. The van der Waals surface area contributed by atoms with Crippen molar-refractivity contribution in [3.05, 3.63) is 28.8 Å². The number of nitrogens with one attached hydrogen (secondary N) is 1. The van der Waals surface area contributed by atoms with E-state index in [-0.39, 0.29) is 10.7 Å². The molecule has 0 saturated heterocycles. The molecule has 0 atom stereocenters. The highest BCUT2D eigenvalue weighted by Gasteiger charge is 2.12. The molecule has 1 rings (SSSR count). The molecule has 0 aliphatic rings. The van der Waals surface area contributed by atoms with Crippen LogP contribution in [0.15, 0.2) is 18.2 Å². The average molecular weight is 279 g/mol. The first-order chi connectivity index (χ1) is 7.35. The quantitative estimate of drug-likeness (QED) is 0.823. The fraction of sp³-hybridized carbons (Fsp3) is 0.222. The Morgan fingerprint density at radius 1 is 1.56 bits per heavy atom. The highest BCUT2D eigenvalue weighted by molar-refractivity contribution is 7.92. The molecule has 0 aliphatic heterocycles. The topological polar surface area (TPSA) is 72.2 Å². The maximum atomic E-state index is 11.4. The Hall–Kier alpha value is -0.850. The van der Waals surface area contributed by atoms with Gasteiger partial charge in [0.15, 0.2) is 0 Å². The normalized spacial score (nSPS) is 11.1. The number of anilines is 1. The third-order valence-electron chi connectivity index (χ3n) is 1.89. The van der Waals surface area contributed by atoms with E-state index in [0.717, 1.165) is 0 Å². The maximum Gasteiger partial charge on any atom is 0.232 e. The van der Waals surface area contributed by atoms with Gasteiger partial charge in [0, 0.05) is 10.6 Å². The zero-order valence-corrected chi connectivity index (χ0v) is 10.9. The van der Waals surface area contributed by atoms with Gasteiger partial charge in [-0.15, -0.1) is 0 Å². The van der Waals surface area contributed by atoms with Gasteiger partial charge in [-0.3, -0.25) is 4.72 Å². The van der Waals surface area contributed by atoms with Crippen LogP contribution in [0.5, 0.6) is 0 Å². The Labute approximate surface area is 105 Å². The summed E-state index contributed by atoms with van der Waals surface area (Å²) in [5, 5.41) is 0.447. The minimum atomic E-state index is -3.35. The smallest absolute Gasteiger partial charge is 0.232 e. The third-order valence-corrected chi connectivity index (χ3v) is 3.64. The van der Waals surface area contributed by atoms with Crippen molar-refractivity contribution >= 4 is 44.5 Å². The molecule has 4 nitrogen and oxygen atoms in total. The zero-order valence-electron chi connectivity index (χ0n) is 8.53. The molecule has 7 heteroatoms. The Morgan fingerprint density at radius 3 is 2.69 bits per heavy atom. The molecule has 0 amide bonds. The summed E-state index contributed by atoms with van der Waals surface area (Å²) in [7, 11) is -3.35. The molecule has 1 aromatic carbocycles. The van der Waals surface area contributed by atoms with E-state index in [0.29, 0.717) is 16.3 Å². The lowest BCUT2D eigenvalue weighted by Gasteiger charge is -2.10. The van der Waals surface area contributed by atoms with Crippen LogP contribution in [0.25, 0.3) is 0 Å². The molecule has 0 aliphatic carbocycles. The van der Waals surface area contributed by atoms with E-state index in [9.17, 15) is 8.42 Å². The number of rotatable bonds is 4. The molecule has 0 unspecified atom stereocenters. The molecule has 16 heavy (non-hydrogen) atoms. The largest absolute Gasteiger partial charge is 0.389 e. The number of halogens is 1. The molecule has 0 heterocycles. The van der Waals surface area contributed by atoms with E-state index in [1.54, 1.807) is 13.0 Å². The zero-order chi connectivity index (χ0) is 12.3. The first-order valence-corrected chi connectivity index (χ1v) is 6.89. The lowest BCUT2D eigenvalue weighted by atomic mass is 10.2. The maximum absolute atomic E-state index is 11.4. The van der Waals surface area contributed by atoms with E-state index in [2.05, 4.69) is 4.72 Å². The number of sulfonamides is 1. The van der Waals surface area contributed by atoms with Gasteiger partial charge in [-0.2, -0.15) is 0 Å². The molecule has 1 aromatic rings. The number of nitrogens with two attached hydrogens (primary N) is 1. The lowest BCUT2D eigenvalue weighted by Crippen LogP contribution is -2.19. The van der Waals surface area contributed by atoms with Crippen molar-refractivity contribution in [2.45, 2.75) is 6.92 Å². The Balaban J connectivity index is 3.19. The summed E-state index contributed by atoms with van der Waals surface area (Å²) in [5.41, 5.74) is 6.24. The molecule has 0 radical (unpaired) electrons. The summed E-state index contributed by atoms with van der Waals surface area (Å²) < 4.78 is 25.2. The molecular weight excluding hydrogens is 268 g/mol. The van der Waals surface area contributed by atoms with Crippen LogP contribution >= 0.6 is 23.8 Å². The predicted molar refractivity (Wildman–Crippen MR) is 70.4 cm³/mol. The Bertz CT molecular complexity index is 514. The van der Waals surface area contributed by atoms with Crippen LogP contribution in [0.2, 0.25) is 5.02 Å². The van der Waals surface area contributed by atoms with Crippen molar-refractivity contribution in [1.29, 1.82) is 0 Å². The highest BCUT2D eigenvalue weighted by atomic mass is 35.5. The first-order valence-electron chi connectivity index (χ1n) is 4.45. The van der Waals surface area contributed by atoms with Crippen molar-refractivity contribution in [2.24, 2.45) is 5.73 Å². The van der Waals surface area contributed by atoms with Gasteiger partial charge < -0.3 is 5.73 Å².